The quantitative estimate of drug-likeness (QED) is 0.134. The third-order valence-corrected chi connectivity index (χ3v) is 5.30. The van der Waals surface area contributed by atoms with Crippen LogP contribution >= 0.6 is 0 Å². The summed E-state index contributed by atoms with van der Waals surface area (Å²) in [7, 11) is 0. The predicted octanol–water partition coefficient (Wildman–Crippen LogP) is 2.85. The maximum Gasteiger partial charge on any atom is 0.265 e. The van der Waals surface area contributed by atoms with E-state index in [1.165, 1.54) is 12.2 Å². The van der Waals surface area contributed by atoms with Crippen molar-refractivity contribution in [2.45, 2.75) is 40.0 Å². The van der Waals surface area contributed by atoms with Gasteiger partial charge in [-0.1, -0.05) is 38.6 Å². The lowest BCUT2D eigenvalue weighted by atomic mass is 10.0. The molecule has 186 valence electrons. The third kappa shape index (κ3) is 7.25. The van der Waals surface area contributed by atoms with Crippen molar-refractivity contribution in [2.24, 2.45) is 16.6 Å². The molecule has 1 aromatic rings. The summed E-state index contributed by atoms with van der Waals surface area (Å²) < 4.78 is 0. The number of fused-ring (bicyclic) bond motifs is 1. The van der Waals surface area contributed by atoms with Gasteiger partial charge in [0.25, 0.3) is 11.8 Å². The molecule has 0 aliphatic carbocycles. The lowest BCUT2D eigenvalue weighted by Gasteiger charge is -2.22. The molecule has 1 heterocycles. The lowest BCUT2D eigenvalue weighted by Crippen LogP contribution is -2.34. The number of amides is 3. The minimum atomic E-state index is -0.531. The maximum atomic E-state index is 13.1. The monoisotopic (exact) mass is 478 g/mol. The summed E-state index contributed by atoms with van der Waals surface area (Å²) in [6, 6.07) is 5.01. The molecule has 9 nitrogen and oxygen atoms in total. The van der Waals surface area contributed by atoms with Crippen LogP contribution < -0.4 is 22.3 Å². The van der Waals surface area contributed by atoms with Crippen molar-refractivity contribution >= 4 is 35.3 Å². The Kier molecular flexibility index (Phi) is 10.2. The van der Waals surface area contributed by atoms with E-state index < -0.39 is 11.8 Å². The Hall–Kier alpha value is -3.98. The Bertz CT molecular complexity index is 1110. The largest absolute Gasteiger partial charge is 0.387 e. The molecule has 0 saturated heterocycles. The van der Waals surface area contributed by atoms with Crippen LogP contribution in [0.4, 0.5) is 5.69 Å². The van der Waals surface area contributed by atoms with Gasteiger partial charge in [-0.05, 0) is 44.1 Å². The number of hydrogen-bond acceptors (Lipinski definition) is 6. The molecule has 0 unspecified atom stereocenters. The molecule has 2 rings (SSSR count). The molecule has 1 aliphatic heterocycles. The van der Waals surface area contributed by atoms with Crippen molar-refractivity contribution in [3.63, 3.8) is 0 Å². The van der Waals surface area contributed by atoms with Crippen molar-refractivity contribution in [2.75, 3.05) is 13.1 Å². The molecular formula is C26H34N6O3. The number of benzene rings is 1. The number of hydrazine groups is 1. The van der Waals surface area contributed by atoms with E-state index in [-0.39, 0.29) is 17.9 Å². The van der Waals surface area contributed by atoms with Gasteiger partial charge in [-0.25, -0.2) is 10.8 Å². The zero-order valence-electron chi connectivity index (χ0n) is 20.6. The average molecular weight is 479 g/mol. The first-order valence-corrected chi connectivity index (χ1v) is 11.6. The molecule has 0 atom stereocenters. The Labute approximate surface area is 206 Å². The highest BCUT2D eigenvalue weighted by molar-refractivity contribution is 6.06. The van der Waals surface area contributed by atoms with Crippen LogP contribution in [-0.2, 0) is 9.59 Å². The number of carbonyl (C=O) groups is 3. The number of hydrogen-bond donors (Lipinski definition) is 4. The van der Waals surface area contributed by atoms with Gasteiger partial charge in [0.05, 0.1) is 5.69 Å². The second-order valence-electron chi connectivity index (χ2n) is 7.99. The summed E-state index contributed by atoms with van der Waals surface area (Å²) >= 11 is 0. The van der Waals surface area contributed by atoms with Gasteiger partial charge in [0, 0.05) is 47.5 Å². The predicted molar refractivity (Wildman–Crippen MR) is 139 cm³/mol. The highest BCUT2D eigenvalue weighted by Crippen LogP contribution is 2.28. The molecule has 0 bridgehead atoms. The maximum absolute atomic E-state index is 13.1. The summed E-state index contributed by atoms with van der Waals surface area (Å²) in [6.45, 7) is 10.7. The molecular weight excluding hydrogens is 444 g/mol. The number of nitrogens with two attached hydrogens (primary N) is 2. The molecule has 0 radical (unpaired) electrons. The molecule has 0 fully saturated rings. The van der Waals surface area contributed by atoms with Crippen LogP contribution in [0.25, 0.3) is 6.08 Å². The summed E-state index contributed by atoms with van der Waals surface area (Å²) in [6.07, 6.45) is 8.21. The minimum Gasteiger partial charge on any atom is -0.387 e. The summed E-state index contributed by atoms with van der Waals surface area (Å²) in [5, 5.41) is 2.75. The molecule has 3 amide bonds. The van der Waals surface area contributed by atoms with Crippen molar-refractivity contribution in [1.82, 2.24) is 15.6 Å². The van der Waals surface area contributed by atoms with Crippen LogP contribution in [0.1, 0.15) is 56.0 Å². The van der Waals surface area contributed by atoms with E-state index in [0.717, 1.165) is 12.8 Å². The fourth-order valence-corrected chi connectivity index (χ4v) is 3.59. The Morgan fingerprint density at radius 2 is 1.89 bits per heavy atom. The van der Waals surface area contributed by atoms with Crippen molar-refractivity contribution in [3.05, 3.63) is 71.0 Å². The second kappa shape index (κ2) is 13.0. The SMILES string of the molecule is C=C/C(=C\C(=C/C)NC(=O)c1ccc2c(c1)N=C(N)CC(C(=O)N(CCC)CCC)=C2)C(=O)NN. The molecule has 0 spiro atoms. The van der Waals surface area contributed by atoms with Gasteiger partial charge >= 0.3 is 0 Å². The summed E-state index contributed by atoms with van der Waals surface area (Å²) in [5.74, 6) is 4.50. The Morgan fingerprint density at radius 3 is 2.46 bits per heavy atom. The first-order chi connectivity index (χ1) is 16.8. The smallest absolute Gasteiger partial charge is 0.265 e. The Morgan fingerprint density at radius 1 is 1.20 bits per heavy atom. The standard InChI is InChI=1S/C26H34N6O3/c1-5-11-32(12-6-2)26(35)20-13-18-9-10-19(15-22(18)30-23(27)16-20)24(33)29-21(8-4)14-17(7-3)25(34)31-28/h7-10,13-15H,3,5-6,11-12,16,28H2,1-2,4H3,(H2,27,30)(H,29,33)(H,31,34)/b17-14+,21-8+. The van der Waals surface area contributed by atoms with Gasteiger partial charge in [0.15, 0.2) is 0 Å². The molecule has 0 aromatic heterocycles. The first kappa shape index (κ1) is 27.3. The molecule has 0 saturated carbocycles. The van der Waals surface area contributed by atoms with Gasteiger partial charge in [-0.2, -0.15) is 0 Å². The van der Waals surface area contributed by atoms with Crippen molar-refractivity contribution < 1.29 is 14.4 Å². The normalized spacial score (nSPS) is 13.6. The fourth-order valence-electron chi connectivity index (χ4n) is 3.59. The number of amidine groups is 1. The van der Waals surface area contributed by atoms with E-state index in [4.69, 9.17) is 11.6 Å². The number of carbonyl (C=O) groups excluding carboxylic acids is 3. The van der Waals surface area contributed by atoms with Crippen molar-refractivity contribution in [1.29, 1.82) is 0 Å². The number of nitrogens with one attached hydrogen (secondary N) is 2. The number of rotatable bonds is 10. The molecule has 35 heavy (non-hydrogen) atoms. The highest BCUT2D eigenvalue weighted by Gasteiger charge is 2.21. The minimum absolute atomic E-state index is 0.0504. The number of aliphatic imine (C=N–C) groups is 1. The molecule has 1 aromatic carbocycles. The fraction of sp³-hybridized carbons (Fsp3) is 0.308. The average Bonchev–Trinajstić information content (AvgIpc) is 3.02. The second-order valence-corrected chi connectivity index (χ2v) is 7.99. The van der Waals surface area contributed by atoms with Crippen LogP contribution in [0.15, 0.2) is 64.8 Å². The summed E-state index contributed by atoms with van der Waals surface area (Å²) in [5.41, 5.74) is 10.9. The van der Waals surface area contributed by atoms with E-state index in [9.17, 15) is 14.4 Å². The Balaban J connectivity index is 2.33. The lowest BCUT2D eigenvalue weighted by molar-refractivity contribution is -0.127. The highest BCUT2D eigenvalue weighted by atomic mass is 16.2. The van der Waals surface area contributed by atoms with Crippen LogP contribution in [0.2, 0.25) is 0 Å². The topological polar surface area (TPSA) is 143 Å². The van der Waals surface area contributed by atoms with Gasteiger partial charge < -0.3 is 16.0 Å². The summed E-state index contributed by atoms with van der Waals surface area (Å²) in [4.78, 5) is 44.1. The van der Waals surface area contributed by atoms with Gasteiger partial charge in [0.1, 0.15) is 5.84 Å². The van der Waals surface area contributed by atoms with E-state index in [1.54, 1.807) is 37.3 Å². The van der Waals surface area contributed by atoms with Crippen LogP contribution in [-0.4, -0.2) is 41.5 Å². The van der Waals surface area contributed by atoms with E-state index in [1.807, 2.05) is 24.2 Å². The number of nitrogens with zero attached hydrogens (tertiary/aromatic N) is 2. The van der Waals surface area contributed by atoms with Crippen molar-refractivity contribution in [3.8, 4) is 0 Å². The van der Waals surface area contributed by atoms with E-state index in [2.05, 4.69) is 16.9 Å². The van der Waals surface area contributed by atoms with Gasteiger partial charge in [-0.3, -0.25) is 19.8 Å². The molecule has 6 N–H and O–H groups in total. The van der Waals surface area contributed by atoms with Gasteiger partial charge in [0.2, 0.25) is 5.91 Å². The first-order valence-electron chi connectivity index (χ1n) is 11.6. The van der Waals surface area contributed by atoms with Crippen LogP contribution in [0.3, 0.4) is 0 Å². The van der Waals surface area contributed by atoms with Crippen LogP contribution in [0, 0.1) is 0 Å². The van der Waals surface area contributed by atoms with Crippen LogP contribution in [0.5, 0.6) is 0 Å². The zero-order chi connectivity index (χ0) is 26.0. The van der Waals surface area contributed by atoms with Gasteiger partial charge in [-0.15, -0.1) is 0 Å². The third-order valence-electron chi connectivity index (χ3n) is 5.30. The zero-order valence-corrected chi connectivity index (χ0v) is 20.6. The van der Waals surface area contributed by atoms with E-state index >= 15 is 0 Å². The number of allylic oxidation sites excluding steroid dienone is 2. The molecule has 1 aliphatic rings. The van der Waals surface area contributed by atoms with E-state index in [0.29, 0.717) is 47.0 Å². The molecule has 9 heteroatoms.